The summed E-state index contributed by atoms with van der Waals surface area (Å²) in [5.74, 6) is 1.12. The Morgan fingerprint density at radius 2 is 2.11 bits per heavy atom. The van der Waals surface area contributed by atoms with Crippen LogP contribution >= 0.6 is 12.4 Å². The van der Waals surface area contributed by atoms with Gasteiger partial charge in [0.05, 0.1) is 0 Å². The predicted molar refractivity (Wildman–Crippen MR) is 78.3 cm³/mol. The van der Waals surface area contributed by atoms with Crippen molar-refractivity contribution in [1.29, 1.82) is 0 Å². The van der Waals surface area contributed by atoms with Crippen molar-refractivity contribution >= 4 is 18.3 Å². The fourth-order valence-corrected chi connectivity index (χ4v) is 2.89. The van der Waals surface area contributed by atoms with E-state index < -0.39 is 6.61 Å². The summed E-state index contributed by atoms with van der Waals surface area (Å²) < 4.78 is 0. The fraction of sp³-hybridized carbons (Fsp3) is 0.786. The molecule has 0 bridgehead atoms. The van der Waals surface area contributed by atoms with Crippen molar-refractivity contribution in [2.45, 2.75) is 32.7 Å². The first-order valence-electron chi connectivity index (χ1n) is 6.88. The van der Waals surface area contributed by atoms with Crippen LogP contribution < -0.4 is 5.32 Å². The number of nitrogens with one attached hydrogen (secondary N) is 1. The third-order valence-electron chi connectivity index (χ3n) is 4.12. The van der Waals surface area contributed by atoms with Crippen molar-refractivity contribution in [2.24, 2.45) is 11.8 Å². The molecular weight excluding hydrogens is 264 g/mol. The molecule has 0 aromatic heterocycles. The zero-order valence-corrected chi connectivity index (χ0v) is 12.6. The zero-order valence-electron chi connectivity index (χ0n) is 11.8. The molecule has 0 spiro atoms. The molecule has 0 unspecified atom stereocenters. The van der Waals surface area contributed by atoms with Gasteiger partial charge in [-0.25, -0.2) is 0 Å². The molecule has 1 saturated heterocycles. The van der Waals surface area contributed by atoms with Gasteiger partial charge in [-0.1, -0.05) is 11.6 Å². The van der Waals surface area contributed by atoms with Crippen LogP contribution in [-0.2, 0) is 4.79 Å². The van der Waals surface area contributed by atoms with Crippen molar-refractivity contribution in [1.82, 2.24) is 10.2 Å². The summed E-state index contributed by atoms with van der Waals surface area (Å²) in [7, 11) is 0. The summed E-state index contributed by atoms with van der Waals surface area (Å²) in [4.78, 5) is 13.8. The van der Waals surface area contributed by atoms with Gasteiger partial charge in [0, 0.05) is 25.7 Å². The summed E-state index contributed by atoms with van der Waals surface area (Å²) in [5, 5.41) is 11.8. The number of carbonyl (C=O) groups excluding carboxylic acids is 1. The predicted octanol–water partition coefficient (Wildman–Crippen LogP) is 1.19. The van der Waals surface area contributed by atoms with Crippen molar-refractivity contribution < 1.29 is 9.90 Å². The highest BCUT2D eigenvalue weighted by molar-refractivity contribution is 5.85. The summed E-state index contributed by atoms with van der Waals surface area (Å²) in [6.07, 6.45) is 4.74. The Balaban J connectivity index is 0.00000180. The average molecular weight is 289 g/mol. The molecule has 4 nitrogen and oxygen atoms in total. The fourth-order valence-electron chi connectivity index (χ4n) is 2.89. The quantitative estimate of drug-likeness (QED) is 0.748. The first kappa shape index (κ1) is 16.5. The van der Waals surface area contributed by atoms with E-state index in [1.807, 2.05) is 0 Å². The van der Waals surface area contributed by atoms with E-state index in [-0.39, 0.29) is 24.4 Å². The smallest absolute Gasteiger partial charge is 0.245 e. The molecule has 2 N–H and O–H groups in total. The molecule has 1 heterocycles. The number of nitrogens with zero attached hydrogens (tertiary/aromatic N) is 1. The third-order valence-corrected chi connectivity index (χ3v) is 4.12. The highest BCUT2D eigenvalue weighted by Crippen LogP contribution is 2.41. The highest BCUT2D eigenvalue weighted by Gasteiger charge is 2.42. The van der Waals surface area contributed by atoms with E-state index in [2.05, 4.69) is 30.1 Å². The lowest BCUT2D eigenvalue weighted by atomic mass is 9.98. The van der Waals surface area contributed by atoms with Gasteiger partial charge in [-0.3, -0.25) is 9.69 Å². The van der Waals surface area contributed by atoms with E-state index in [1.165, 1.54) is 18.4 Å². The Morgan fingerprint density at radius 1 is 1.42 bits per heavy atom. The maximum absolute atomic E-state index is 11.4. The Bertz CT molecular complexity index is 342. The number of carbonyl (C=O) groups is 1. The molecular formula is C14H25ClN2O2. The Labute approximate surface area is 121 Å². The molecule has 2 fully saturated rings. The summed E-state index contributed by atoms with van der Waals surface area (Å²) in [6.45, 7) is 6.79. The van der Waals surface area contributed by atoms with Gasteiger partial charge in [-0.05, 0) is 38.5 Å². The first-order chi connectivity index (χ1) is 8.63. The maximum Gasteiger partial charge on any atom is 0.245 e. The maximum atomic E-state index is 11.4. The normalized spacial score (nSPS) is 28.1. The molecule has 0 aromatic rings. The molecule has 0 aromatic carbocycles. The molecule has 5 heteroatoms. The number of hydrogen-bond donors (Lipinski definition) is 2. The van der Waals surface area contributed by atoms with Crippen LogP contribution in [0.25, 0.3) is 0 Å². The number of amides is 1. The SMILES string of the molecule is C/C=C(\C)CN1C[C@H](NC(=O)CO)[C@@H](C2CC2)C1.Cl. The number of rotatable bonds is 5. The van der Waals surface area contributed by atoms with Crippen molar-refractivity contribution in [3.05, 3.63) is 11.6 Å². The molecule has 2 atom stereocenters. The van der Waals surface area contributed by atoms with Gasteiger partial charge < -0.3 is 10.4 Å². The molecule has 0 radical (unpaired) electrons. The second kappa shape index (κ2) is 7.27. The van der Waals surface area contributed by atoms with E-state index >= 15 is 0 Å². The number of likely N-dealkylation sites (tertiary alicyclic amines) is 1. The van der Waals surface area contributed by atoms with E-state index in [9.17, 15) is 4.79 Å². The summed E-state index contributed by atoms with van der Waals surface area (Å²) >= 11 is 0. The Morgan fingerprint density at radius 3 is 2.63 bits per heavy atom. The van der Waals surface area contributed by atoms with Crippen LogP contribution in [0.4, 0.5) is 0 Å². The minimum atomic E-state index is -0.401. The van der Waals surface area contributed by atoms with Crippen LogP contribution in [0.1, 0.15) is 26.7 Å². The Kier molecular flexibility index (Phi) is 6.30. The number of aliphatic hydroxyl groups is 1. The highest BCUT2D eigenvalue weighted by atomic mass is 35.5. The molecule has 1 amide bonds. The number of halogens is 1. The lowest BCUT2D eigenvalue weighted by molar-refractivity contribution is -0.124. The Hall–Kier alpha value is -0.580. The van der Waals surface area contributed by atoms with Crippen molar-refractivity contribution in [2.75, 3.05) is 26.2 Å². The summed E-state index contributed by atoms with van der Waals surface area (Å²) in [6, 6.07) is 0.224. The average Bonchev–Trinajstić information content (AvgIpc) is 3.13. The lowest BCUT2D eigenvalue weighted by Gasteiger charge is -2.18. The van der Waals surface area contributed by atoms with Crippen LogP contribution in [-0.4, -0.2) is 48.2 Å². The van der Waals surface area contributed by atoms with Gasteiger partial charge in [-0.15, -0.1) is 12.4 Å². The molecule has 1 saturated carbocycles. The minimum Gasteiger partial charge on any atom is -0.387 e. The standard InChI is InChI=1S/C14H24N2O2.ClH/c1-3-10(2)6-16-7-12(11-4-5-11)13(8-16)15-14(18)9-17;/h3,11-13,17H,4-9H2,1-2H3,(H,15,18);1H/b10-3+;/t12-,13+;/m1./s1. The largest absolute Gasteiger partial charge is 0.387 e. The van der Waals surface area contributed by atoms with Gasteiger partial charge in [0.2, 0.25) is 5.91 Å². The van der Waals surface area contributed by atoms with Crippen molar-refractivity contribution in [3.63, 3.8) is 0 Å². The summed E-state index contributed by atoms with van der Waals surface area (Å²) in [5.41, 5.74) is 1.37. The first-order valence-corrected chi connectivity index (χ1v) is 6.88. The van der Waals surface area contributed by atoms with Gasteiger partial charge in [-0.2, -0.15) is 0 Å². The topological polar surface area (TPSA) is 52.6 Å². The lowest BCUT2D eigenvalue weighted by Crippen LogP contribution is -2.42. The van der Waals surface area contributed by atoms with E-state index in [4.69, 9.17) is 5.11 Å². The van der Waals surface area contributed by atoms with Crippen LogP contribution in [0.2, 0.25) is 0 Å². The van der Waals surface area contributed by atoms with E-state index in [0.717, 1.165) is 25.6 Å². The second-order valence-corrected chi connectivity index (χ2v) is 5.66. The number of allylic oxidation sites excluding steroid dienone is 1. The third kappa shape index (κ3) is 4.48. The van der Waals surface area contributed by atoms with Crippen molar-refractivity contribution in [3.8, 4) is 0 Å². The van der Waals surface area contributed by atoms with E-state index in [1.54, 1.807) is 0 Å². The van der Waals surface area contributed by atoms with Crippen LogP contribution in [0, 0.1) is 11.8 Å². The number of aliphatic hydroxyl groups excluding tert-OH is 1. The molecule has 1 aliphatic heterocycles. The second-order valence-electron chi connectivity index (χ2n) is 5.66. The molecule has 110 valence electrons. The molecule has 19 heavy (non-hydrogen) atoms. The molecule has 2 aliphatic rings. The molecule has 1 aliphatic carbocycles. The van der Waals surface area contributed by atoms with Crippen LogP contribution in [0.5, 0.6) is 0 Å². The van der Waals surface area contributed by atoms with Crippen LogP contribution in [0.15, 0.2) is 11.6 Å². The zero-order chi connectivity index (χ0) is 13.1. The minimum absolute atomic E-state index is 0. The van der Waals surface area contributed by atoms with E-state index in [0.29, 0.717) is 5.92 Å². The van der Waals surface area contributed by atoms with Gasteiger partial charge in [0.15, 0.2) is 0 Å². The van der Waals surface area contributed by atoms with Crippen LogP contribution in [0.3, 0.4) is 0 Å². The number of hydrogen-bond acceptors (Lipinski definition) is 3. The van der Waals surface area contributed by atoms with Gasteiger partial charge in [0.1, 0.15) is 6.61 Å². The molecule has 2 rings (SSSR count). The van der Waals surface area contributed by atoms with Gasteiger partial charge >= 0.3 is 0 Å². The van der Waals surface area contributed by atoms with Gasteiger partial charge in [0.25, 0.3) is 0 Å². The monoisotopic (exact) mass is 288 g/mol.